The van der Waals surface area contributed by atoms with Gasteiger partial charge in [-0.25, -0.2) is 0 Å². The predicted octanol–water partition coefficient (Wildman–Crippen LogP) is 3.94. The van der Waals surface area contributed by atoms with Crippen molar-refractivity contribution in [3.63, 3.8) is 0 Å². The van der Waals surface area contributed by atoms with Gasteiger partial charge in [0.05, 0.1) is 12.6 Å². The third-order valence-electron chi connectivity index (χ3n) is 3.30. The van der Waals surface area contributed by atoms with Crippen LogP contribution in [0.5, 0.6) is 5.75 Å². The first-order chi connectivity index (χ1) is 9.80. The molecule has 1 aromatic heterocycles. The molecule has 0 fully saturated rings. The van der Waals surface area contributed by atoms with E-state index in [0.29, 0.717) is 0 Å². The lowest BCUT2D eigenvalue weighted by molar-refractivity contribution is 0.310. The first-order valence-electron chi connectivity index (χ1n) is 7.27. The number of benzene rings is 1. The van der Waals surface area contributed by atoms with Crippen molar-refractivity contribution in [2.24, 2.45) is 0 Å². The maximum atomic E-state index is 5.88. The molecule has 3 nitrogen and oxygen atoms in total. The SMILES string of the molecule is CCCOc1ccccc1C(NC)c1ccc(CC)o1. The number of furan rings is 1. The summed E-state index contributed by atoms with van der Waals surface area (Å²) in [5, 5.41) is 3.32. The van der Waals surface area contributed by atoms with Crippen LogP contribution in [0.3, 0.4) is 0 Å². The van der Waals surface area contributed by atoms with E-state index in [1.54, 1.807) is 0 Å². The highest BCUT2D eigenvalue weighted by Gasteiger charge is 2.19. The molecule has 0 spiro atoms. The monoisotopic (exact) mass is 273 g/mol. The Hall–Kier alpha value is -1.74. The lowest BCUT2D eigenvalue weighted by Gasteiger charge is -2.18. The zero-order chi connectivity index (χ0) is 14.4. The largest absolute Gasteiger partial charge is 0.493 e. The molecule has 1 N–H and O–H groups in total. The van der Waals surface area contributed by atoms with Gasteiger partial charge in [-0.2, -0.15) is 0 Å². The third kappa shape index (κ3) is 3.23. The fraction of sp³-hybridized carbons (Fsp3) is 0.412. The zero-order valence-corrected chi connectivity index (χ0v) is 12.5. The van der Waals surface area contributed by atoms with E-state index in [2.05, 4.69) is 25.2 Å². The first-order valence-corrected chi connectivity index (χ1v) is 7.27. The molecule has 1 unspecified atom stereocenters. The number of ether oxygens (including phenoxy) is 1. The molecule has 0 saturated heterocycles. The highest BCUT2D eigenvalue weighted by Crippen LogP contribution is 2.31. The molecule has 1 aromatic carbocycles. The van der Waals surface area contributed by atoms with Gasteiger partial charge >= 0.3 is 0 Å². The molecule has 1 heterocycles. The van der Waals surface area contributed by atoms with Crippen molar-refractivity contribution in [1.82, 2.24) is 5.32 Å². The molecule has 0 amide bonds. The van der Waals surface area contributed by atoms with Crippen LogP contribution < -0.4 is 10.1 Å². The Bertz CT molecular complexity index is 533. The van der Waals surface area contributed by atoms with Gasteiger partial charge in [-0.1, -0.05) is 32.0 Å². The van der Waals surface area contributed by atoms with Crippen LogP contribution in [0.2, 0.25) is 0 Å². The molecule has 20 heavy (non-hydrogen) atoms. The molecule has 2 rings (SSSR count). The standard InChI is InChI=1S/C17H23NO2/c1-4-12-19-15-9-7-6-8-14(15)17(18-3)16-11-10-13(5-2)20-16/h6-11,17-18H,4-5,12H2,1-3H3. The van der Waals surface area contributed by atoms with E-state index in [4.69, 9.17) is 9.15 Å². The summed E-state index contributed by atoms with van der Waals surface area (Å²) in [6.07, 6.45) is 1.91. The van der Waals surface area contributed by atoms with Crippen LogP contribution in [0.25, 0.3) is 0 Å². The van der Waals surface area contributed by atoms with Gasteiger partial charge in [0.1, 0.15) is 17.3 Å². The molecule has 108 valence electrons. The van der Waals surface area contributed by atoms with Crippen molar-refractivity contribution in [2.75, 3.05) is 13.7 Å². The van der Waals surface area contributed by atoms with E-state index in [1.807, 2.05) is 37.4 Å². The molecule has 2 aromatic rings. The number of aryl methyl sites for hydroxylation is 1. The average molecular weight is 273 g/mol. The van der Waals surface area contributed by atoms with Crippen LogP contribution in [0.4, 0.5) is 0 Å². The molecular formula is C17H23NO2. The summed E-state index contributed by atoms with van der Waals surface area (Å²) >= 11 is 0. The molecule has 1 atom stereocenters. The number of hydrogen-bond donors (Lipinski definition) is 1. The van der Waals surface area contributed by atoms with Gasteiger partial charge in [0.2, 0.25) is 0 Å². The van der Waals surface area contributed by atoms with Gasteiger partial charge < -0.3 is 14.5 Å². The minimum atomic E-state index is 0.0170. The fourth-order valence-corrected chi connectivity index (χ4v) is 2.25. The van der Waals surface area contributed by atoms with Crippen molar-refractivity contribution in [3.05, 3.63) is 53.5 Å². The molecule has 0 aliphatic heterocycles. The van der Waals surface area contributed by atoms with Gasteiger partial charge in [0.15, 0.2) is 0 Å². The molecular weight excluding hydrogens is 250 g/mol. The Labute approximate surface area is 121 Å². The highest BCUT2D eigenvalue weighted by atomic mass is 16.5. The summed E-state index contributed by atoms with van der Waals surface area (Å²) in [6.45, 7) is 4.93. The molecule has 0 aliphatic carbocycles. The number of nitrogens with one attached hydrogen (secondary N) is 1. The Kier molecular flexibility index (Phi) is 5.24. The smallest absolute Gasteiger partial charge is 0.125 e. The van der Waals surface area contributed by atoms with E-state index in [1.165, 1.54) is 0 Å². The zero-order valence-electron chi connectivity index (χ0n) is 12.5. The number of hydrogen-bond acceptors (Lipinski definition) is 3. The topological polar surface area (TPSA) is 34.4 Å². The molecule has 0 aliphatic rings. The Morgan fingerprint density at radius 1 is 1.15 bits per heavy atom. The second-order valence-corrected chi connectivity index (χ2v) is 4.77. The van der Waals surface area contributed by atoms with Crippen molar-refractivity contribution in [2.45, 2.75) is 32.7 Å². The Morgan fingerprint density at radius 3 is 2.60 bits per heavy atom. The van der Waals surface area contributed by atoms with Gasteiger partial charge in [-0.05, 0) is 31.7 Å². The summed E-state index contributed by atoms with van der Waals surface area (Å²) in [6, 6.07) is 12.2. The normalized spacial score (nSPS) is 12.3. The van der Waals surface area contributed by atoms with Gasteiger partial charge in [0, 0.05) is 12.0 Å². The van der Waals surface area contributed by atoms with E-state index < -0.39 is 0 Å². The Morgan fingerprint density at radius 2 is 1.95 bits per heavy atom. The summed E-state index contributed by atoms with van der Waals surface area (Å²) in [5.41, 5.74) is 1.11. The third-order valence-corrected chi connectivity index (χ3v) is 3.30. The fourth-order valence-electron chi connectivity index (χ4n) is 2.25. The maximum Gasteiger partial charge on any atom is 0.125 e. The molecule has 3 heteroatoms. The van der Waals surface area contributed by atoms with E-state index >= 15 is 0 Å². The lowest BCUT2D eigenvalue weighted by Crippen LogP contribution is -2.18. The van der Waals surface area contributed by atoms with Gasteiger partial charge in [-0.3, -0.25) is 0 Å². The van der Waals surface area contributed by atoms with Crippen molar-refractivity contribution in [3.8, 4) is 5.75 Å². The van der Waals surface area contributed by atoms with Crippen LogP contribution in [-0.2, 0) is 6.42 Å². The second-order valence-electron chi connectivity index (χ2n) is 4.77. The summed E-state index contributed by atoms with van der Waals surface area (Å²) < 4.78 is 11.7. The van der Waals surface area contributed by atoms with Gasteiger partial charge in [0.25, 0.3) is 0 Å². The molecule has 0 saturated carbocycles. The summed E-state index contributed by atoms with van der Waals surface area (Å²) in [7, 11) is 1.94. The number of rotatable bonds is 7. The highest BCUT2D eigenvalue weighted by molar-refractivity contribution is 5.39. The van der Waals surface area contributed by atoms with Crippen molar-refractivity contribution >= 4 is 0 Å². The minimum absolute atomic E-state index is 0.0170. The summed E-state index contributed by atoms with van der Waals surface area (Å²) in [4.78, 5) is 0. The Balaban J connectivity index is 2.31. The lowest BCUT2D eigenvalue weighted by atomic mass is 10.0. The quantitative estimate of drug-likeness (QED) is 0.829. The van der Waals surface area contributed by atoms with E-state index in [-0.39, 0.29) is 6.04 Å². The van der Waals surface area contributed by atoms with Crippen LogP contribution in [-0.4, -0.2) is 13.7 Å². The van der Waals surface area contributed by atoms with Crippen molar-refractivity contribution in [1.29, 1.82) is 0 Å². The second kappa shape index (κ2) is 7.15. The van der Waals surface area contributed by atoms with Crippen molar-refractivity contribution < 1.29 is 9.15 Å². The van der Waals surface area contributed by atoms with E-state index in [9.17, 15) is 0 Å². The van der Waals surface area contributed by atoms with Crippen LogP contribution >= 0.6 is 0 Å². The minimum Gasteiger partial charge on any atom is -0.493 e. The maximum absolute atomic E-state index is 5.88. The number of para-hydroxylation sites is 1. The van der Waals surface area contributed by atoms with Crippen LogP contribution in [0.15, 0.2) is 40.8 Å². The average Bonchev–Trinajstić information content (AvgIpc) is 2.96. The predicted molar refractivity (Wildman–Crippen MR) is 81.2 cm³/mol. The van der Waals surface area contributed by atoms with E-state index in [0.717, 1.165) is 42.3 Å². The summed E-state index contributed by atoms with van der Waals surface area (Å²) in [5.74, 6) is 2.85. The molecule has 0 radical (unpaired) electrons. The first kappa shape index (κ1) is 14.7. The molecule has 0 bridgehead atoms. The van der Waals surface area contributed by atoms with Gasteiger partial charge in [-0.15, -0.1) is 0 Å². The van der Waals surface area contributed by atoms with Crippen LogP contribution in [0.1, 0.15) is 43.4 Å². The van der Waals surface area contributed by atoms with Crippen LogP contribution in [0, 0.1) is 0 Å².